The van der Waals surface area contributed by atoms with Gasteiger partial charge in [-0.2, -0.15) is 0 Å². The Hall–Kier alpha value is -1.68. The zero-order chi connectivity index (χ0) is 12.5. The lowest BCUT2D eigenvalue weighted by molar-refractivity contribution is 0.407. The van der Waals surface area contributed by atoms with Gasteiger partial charge in [-0.3, -0.25) is 0 Å². The Bertz CT molecular complexity index is 541. The summed E-state index contributed by atoms with van der Waals surface area (Å²) in [4.78, 5) is 0. The summed E-state index contributed by atoms with van der Waals surface area (Å²) in [5, 5.41) is 12.2. The van der Waals surface area contributed by atoms with Gasteiger partial charge in [-0.1, -0.05) is 36.8 Å². The fraction of sp³-hybridized carbons (Fsp3) is 0.429. The number of fused-ring (bicyclic) bond motifs is 1. The van der Waals surface area contributed by atoms with Crippen molar-refractivity contribution in [3.63, 3.8) is 0 Å². The first kappa shape index (κ1) is 11.4. The van der Waals surface area contributed by atoms with E-state index in [-0.39, 0.29) is 0 Å². The van der Waals surface area contributed by atoms with E-state index in [9.17, 15) is 0 Å². The van der Waals surface area contributed by atoms with Gasteiger partial charge < -0.3 is 9.88 Å². The Labute approximate surface area is 107 Å². The minimum absolute atomic E-state index is 0.338. The summed E-state index contributed by atoms with van der Waals surface area (Å²) in [7, 11) is 0. The highest BCUT2D eigenvalue weighted by atomic mass is 15.3. The van der Waals surface area contributed by atoms with Crippen molar-refractivity contribution in [2.45, 2.75) is 32.9 Å². The second-order valence-electron chi connectivity index (χ2n) is 4.81. The molecule has 2 heterocycles. The van der Waals surface area contributed by atoms with Gasteiger partial charge in [0.05, 0.1) is 6.04 Å². The van der Waals surface area contributed by atoms with Gasteiger partial charge in [0.2, 0.25) is 0 Å². The monoisotopic (exact) mass is 242 g/mol. The van der Waals surface area contributed by atoms with Crippen LogP contribution in [0.1, 0.15) is 30.8 Å². The Morgan fingerprint density at radius 1 is 1.28 bits per heavy atom. The van der Waals surface area contributed by atoms with Gasteiger partial charge in [0, 0.05) is 18.7 Å². The van der Waals surface area contributed by atoms with Crippen molar-refractivity contribution in [3.05, 3.63) is 35.7 Å². The summed E-state index contributed by atoms with van der Waals surface area (Å²) < 4.78 is 2.25. The minimum atomic E-state index is 0.338. The molecule has 0 aliphatic carbocycles. The third-order valence-corrected chi connectivity index (χ3v) is 3.54. The lowest BCUT2D eigenvalue weighted by Crippen LogP contribution is -2.33. The number of nitrogens with one attached hydrogen (secondary N) is 1. The molecule has 3 rings (SSSR count). The molecule has 94 valence electrons. The van der Waals surface area contributed by atoms with E-state index in [4.69, 9.17) is 0 Å². The number of hydrogen-bond donors (Lipinski definition) is 1. The molecule has 4 nitrogen and oxygen atoms in total. The highest BCUT2D eigenvalue weighted by Gasteiger charge is 2.23. The molecule has 1 unspecified atom stereocenters. The van der Waals surface area contributed by atoms with Gasteiger partial charge in [-0.25, -0.2) is 0 Å². The molecule has 0 saturated heterocycles. The molecule has 1 N–H and O–H groups in total. The molecule has 4 heteroatoms. The first-order chi connectivity index (χ1) is 8.79. The van der Waals surface area contributed by atoms with E-state index in [2.05, 4.69) is 58.2 Å². The fourth-order valence-electron chi connectivity index (χ4n) is 2.48. The quantitative estimate of drug-likeness (QED) is 0.878. The van der Waals surface area contributed by atoms with Crippen LogP contribution in [-0.4, -0.2) is 21.3 Å². The van der Waals surface area contributed by atoms with Crippen molar-refractivity contribution in [1.82, 2.24) is 20.1 Å². The van der Waals surface area contributed by atoms with Crippen molar-refractivity contribution >= 4 is 0 Å². The molecule has 1 atom stereocenters. The van der Waals surface area contributed by atoms with E-state index >= 15 is 0 Å². The van der Waals surface area contributed by atoms with Crippen molar-refractivity contribution < 1.29 is 0 Å². The second kappa shape index (κ2) is 4.53. The van der Waals surface area contributed by atoms with Crippen LogP contribution >= 0.6 is 0 Å². The molecule has 2 aromatic rings. The largest absolute Gasteiger partial charge is 0.308 e. The molecular formula is C14H18N4. The summed E-state index contributed by atoms with van der Waals surface area (Å²) in [5.74, 6) is 2.06. The maximum atomic E-state index is 4.37. The minimum Gasteiger partial charge on any atom is -0.308 e. The standard InChI is InChI=1S/C14H18N4/c1-3-12-14-17-16-13(18(14)9-8-15-12)11-6-4-10(2)5-7-11/h4-7,12,15H,3,8-9H2,1-2H3. The Kier molecular flexibility index (Phi) is 2.88. The van der Waals surface area contributed by atoms with Gasteiger partial charge in [-0.05, 0) is 13.3 Å². The lowest BCUT2D eigenvalue weighted by atomic mass is 10.1. The summed E-state index contributed by atoms with van der Waals surface area (Å²) in [6, 6.07) is 8.82. The fourth-order valence-corrected chi connectivity index (χ4v) is 2.48. The number of hydrogen-bond acceptors (Lipinski definition) is 3. The lowest BCUT2D eigenvalue weighted by Gasteiger charge is -2.24. The molecule has 0 saturated carbocycles. The summed E-state index contributed by atoms with van der Waals surface area (Å²) in [6.45, 7) is 6.21. The van der Waals surface area contributed by atoms with Gasteiger partial charge in [0.1, 0.15) is 0 Å². The third kappa shape index (κ3) is 1.82. The third-order valence-electron chi connectivity index (χ3n) is 3.54. The van der Waals surface area contributed by atoms with Crippen LogP contribution in [0.15, 0.2) is 24.3 Å². The molecule has 1 aromatic carbocycles. The molecule has 0 radical (unpaired) electrons. The Morgan fingerprint density at radius 2 is 2.06 bits per heavy atom. The molecule has 1 aromatic heterocycles. The summed E-state index contributed by atoms with van der Waals surface area (Å²) in [5.41, 5.74) is 2.42. The van der Waals surface area contributed by atoms with Crippen molar-refractivity contribution in [2.75, 3.05) is 6.54 Å². The zero-order valence-electron chi connectivity index (χ0n) is 10.8. The number of nitrogens with zero attached hydrogens (tertiary/aromatic N) is 3. The molecule has 0 amide bonds. The average molecular weight is 242 g/mol. The van der Waals surface area contributed by atoms with Crippen LogP contribution in [0.25, 0.3) is 11.4 Å². The average Bonchev–Trinajstić information content (AvgIpc) is 2.83. The summed E-state index contributed by atoms with van der Waals surface area (Å²) >= 11 is 0. The summed E-state index contributed by atoms with van der Waals surface area (Å²) in [6.07, 6.45) is 1.05. The van der Waals surface area contributed by atoms with Crippen molar-refractivity contribution in [1.29, 1.82) is 0 Å². The number of benzene rings is 1. The van der Waals surface area contributed by atoms with E-state index in [0.29, 0.717) is 6.04 Å². The number of aryl methyl sites for hydroxylation is 1. The van der Waals surface area contributed by atoms with Gasteiger partial charge in [0.15, 0.2) is 11.6 Å². The van der Waals surface area contributed by atoms with Gasteiger partial charge in [-0.15, -0.1) is 10.2 Å². The van der Waals surface area contributed by atoms with E-state index < -0.39 is 0 Å². The van der Waals surface area contributed by atoms with Crippen LogP contribution in [0.4, 0.5) is 0 Å². The molecule has 0 fully saturated rings. The highest BCUT2D eigenvalue weighted by molar-refractivity contribution is 5.56. The zero-order valence-corrected chi connectivity index (χ0v) is 10.8. The highest BCUT2D eigenvalue weighted by Crippen LogP contribution is 2.25. The maximum Gasteiger partial charge on any atom is 0.164 e. The second-order valence-corrected chi connectivity index (χ2v) is 4.81. The number of rotatable bonds is 2. The molecule has 1 aliphatic rings. The molecule has 18 heavy (non-hydrogen) atoms. The van der Waals surface area contributed by atoms with E-state index in [0.717, 1.165) is 36.7 Å². The smallest absolute Gasteiger partial charge is 0.164 e. The van der Waals surface area contributed by atoms with Crippen molar-refractivity contribution in [3.8, 4) is 11.4 Å². The first-order valence-corrected chi connectivity index (χ1v) is 6.53. The predicted molar refractivity (Wildman–Crippen MR) is 71.2 cm³/mol. The van der Waals surface area contributed by atoms with E-state index in [1.807, 2.05) is 0 Å². The van der Waals surface area contributed by atoms with Gasteiger partial charge >= 0.3 is 0 Å². The van der Waals surface area contributed by atoms with Gasteiger partial charge in [0.25, 0.3) is 0 Å². The SMILES string of the molecule is CCC1NCCn2c(-c3ccc(C)cc3)nnc21. The van der Waals surface area contributed by atoms with Crippen LogP contribution < -0.4 is 5.32 Å². The van der Waals surface area contributed by atoms with Crippen LogP contribution in [0.3, 0.4) is 0 Å². The topological polar surface area (TPSA) is 42.7 Å². The van der Waals surface area contributed by atoms with Crippen LogP contribution in [0.5, 0.6) is 0 Å². The Morgan fingerprint density at radius 3 is 2.78 bits per heavy atom. The van der Waals surface area contributed by atoms with E-state index in [1.165, 1.54) is 5.56 Å². The Balaban J connectivity index is 2.04. The first-order valence-electron chi connectivity index (χ1n) is 6.53. The number of aromatic nitrogens is 3. The molecule has 0 bridgehead atoms. The molecule has 0 spiro atoms. The predicted octanol–water partition coefficient (Wildman–Crippen LogP) is 2.31. The molecular weight excluding hydrogens is 224 g/mol. The normalized spacial score (nSPS) is 18.7. The van der Waals surface area contributed by atoms with Crippen LogP contribution in [-0.2, 0) is 6.54 Å². The maximum absolute atomic E-state index is 4.37. The van der Waals surface area contributed by atoms with Crippen LogP contribution in [0, 0.1) is 6.92 Å². The van der Waals surface area contributed by atoms with E-state index in [1.54, 1.807) is 0 Å². The molecule has 1 aliphatic heterocycles. The van der Waals surface area contributed by atoms with Crippen LogP contribution in [0.2, 0.25) is 0 Å². The van der Waals surface area contributed by atoms with Crippen molar-refractivity contribution in [2.24, 2.45) is 0 Å².